The lowest BCUT2D eigenvalue weighted by molar-refractivity contribution is 0.0919. The average Bonchev–Trinajstić information content (AvgIpc) is 2.12. The van der Waals surface area contributed by atoms with E-state index in [1.54, 1.807) is 6.92 Å². The van der Waals surface area contributed by atoms with Crippen LogP contribution in [0, 0.1) is 0 Å². The molecule has 0 atom stereocenters. The van der Waals surface area contributed by atoms with Crippen molar-refractivity contribution in [3.63, 3.8) is 0 Å². The Morgan fingerprint density at radius 2 is 1.92 bits per heavy atom. The van der Waals surface area contributed by atoms with Gasteiger partial charge in [-0.2, -0.15) is 0 Å². The van der Waals surface area contributed by atoms with Crippen molar-refractivity contribution in [2.75, 3.05) is 20.8 Å². The zero-order chi connectivity index (χ0) is 9.56. The molecule has 0 unspecified atom stereocenters. The Kier molecular flexibility index (Phi) is 4.59. The van der Waals surface area contributed by atoms with E-state index in [1.807, 2.05) is 0 Å². The number of nitrogens with one attached hydrogen (secondary N) is 1. The van der Waals surface area contributed by atoms with Gasteiger partial charge in [0.1, 0.15) is 0 Å². The minimum Gasteiger partial charge on any atom is -0.452 e. The molecular weight excluding hydrogens is 164 g/mol. The van der Waals surface area contributed by atoms with Crippen molar-refractivity contribution in [2.45, 2.75) is 6.92 Å². The van der Waals surface area contributed by atoms with Crippen molar-refractivity contribution in [3.8, 4) is 0 Å². The fourth-order valence-electron chi connectivity index (χ4n) is 0.520. The molecule has 0 heterocycles. The van der Waals surface area contributed by atoms with Gasteiger partial charge >= 0.3 is 12.2 Å². The number of nitrogens with zero attached hydrogens (tertiary/aromatic N) is 1. The predicted molar refractivity (Wildman–Crippen MR) is 40.3 cm³/mol. The molecule has 0 saturated carbocycles. The number of methoxy groups -OCH3 is 2. The van der Waals surface area contributed by atoms with Crippen molar-refractivity contribution >= 4 is 12.2 Å². The molecule has 0 fully saturated rings. The first-order valence-corrected chi connectivity index (χ1v) is 3.35. The molecule has 6 heteroatoms. The van der Waals surface area contributed by atoms with Crippen molar-refractivity contribution < 1.29 is 19.1 Å². The second-order valence-electron chi connectivity index (χ2n) is 1.82. The van der Waals surface area contributed by atoms with Crippen molar-refractivity contribution in [2.24, 2.45) is 0 Å². The highest BCUT2D eigenvalue weighted by atomic mass is 16.6. The van der Waals surface area contributed by atoms with Crippen LogP contribution in [0.25, 0.3) is 0 Å². The molecule has 0 radical (unpaired) electrons. The summed E-state index contributed by atoms with van der Waals surface area (Å²) in [5, 5.41) is 0.992. The molecule has 70 valence electrons. The van der Waals surface area contributed by atoms with Gasteiger partial charge in [0.15, 0.2) is 0 Å². The van der Waals surface area contributed by atoms with Gasteiger partial charge in [-0.3, -0.25) is 0 Å². The second kappa shape index (κ2) is 5.22. The molecule has 0 aromatic rings. The second-order valence-corrected chi connectivity index (χ2v) is 1.82. The Labute approximate surface area is 70.4 Å². The minimum absolute atomic E-state index is 0.307. The first kappa shape index (κ1) is 10.5. The van der Waals surface area contributed by atoms with Crippen LogP contribution in [0.1, 0.15) is 6.92 Å². The molecule has 0 aromatic heterocycles. The van der Waals surface area contributed by atoms with Crippen LogP contribution in [0.15, 0.2) is 0 Å². The Morgan fingerprint density at radius 1 is 1.33 bits per heavy atom. The quantitative estimate of drug-likeness (QED) is 0.585. The number of hydrogen-bond acceptors (Lipinski definition) is 4. The summed E-state index contributed by atoms with van der Waals surface area (Å²) < 4.78 is 8.64. The van der Waals surface area contributed by atoms with E-state index in [4.69, 9.17) is 0 Å². The number of amides is 2. The van der Waals surface area contributed by atoms with Crippen LogP contribution in [-0.4, -0.2) is 38.0 Å². The van der Waals surface area contributed by atoms with Gasteiger partial charge in [0, 0.05) is 6.54 Å². The molecule has 0 saturated heterocycles. The lowest BCUT2D eigenvalue weighted by Gasteiger charge is -2.18. The van der Waals surface area contributed by atoms with Crippen molar-refractivity contribution in [1.29, 1.82) is 0 Å². The van der Waals surface area contributed by atoms with E-state index >= 15 is 0 Å². The summed E-state index contributed by atoms with van der Waals surface area (Å²) in [7, 11) is 2.43. The number of ether oxygens (including phenoxy) is 2. The first-order chi connectivity index (χ1) is 5.65. The average molecular weight is 176 g/mol. The monoisotopic (exact) mass is 176 g/mol. The molecule has 12 heavy (non-hydrogen) atoms. The smallest absolute Gasteiger partial charge is 0.428 e. The zero-order valence-electron chi connectivity index (χ0n) is 7.29. The van der Waals surface area contributed by atoms with Gasteiger partial charge in [0.2, 0.25) is 0 Å². The van der Waals surface area contributed by atoms with Gasteiger partial charge < -0.3 is 9.47 Å². The molecule has 1 N–H and O–H groups in total. The molecule has 6 nitrogen and oxygen atoms in total. The molecule has 0 aliphatic carbocycles. The summed E-state index contributed by atoms with van der Waals surface area (Å²) in [4.78, 5) is 21.4. The zero-order valence-corrected chi connectivity index (χ0v) is 7.29. The number of hydrogen-bond donors (Lipinski definition) is 1. The summed E-state index contributed by atoms with van der Waals surface area (Å²) in [5.41, 5.74) is 2.16. The normalized spacial score (nSPS) is 8.58. The molecule has 2 amide bonds. The number of rotatable bonds is 1. The predicted octanol–water partition coefficient (Wildman–Crippen LogP) is 0.346. The van der Waals surface area contributed by atoms with Crippen LogP contribution in [0.5, 0.6) is 0 Å². The van der Waals surface area contributed by atoms with Gasteiger partial charge in [-0.1, -0.05) is 0 Å². The Morgan fingerprint density at radius 3 is 2.25 bits per heavy atom. The van der Waals surface area contributed by atoms with Crippen molar-refractivity contribution in [1.82, 2.24) is 10.4 Å². The van der Waals surface area contributed by atoms with E-state index in [0.29, 0.717) is 6.54 Å². The number of hydrazine groups is 1. The van der Waals surface area contributed by atoms with Crippen LogP contribution >= 0.6 is 0 Å². The number of carbonyl (C=O) groups excluding carboxylic acids is 2. The molecular formula is C6H12N2O4. The third-order valence-electron chi connectivity index (χ3n) is 1.12. The van der Waals surface area contributed by atoms with Crippen LogP contribution < -0.4 is 5.43 Å². The summed E-state index contributed by atoms with van der Waals surface area (Å²) >= 11 is 0. The molecule has 0 bridgehead atoms. The summed E-state index contributed by atoms with van der Waals surface area (Å²) in [6, 6.07) is 0. The van der Waals surface area contributed by atoms with E-state index in [1.165, 1.54) is 14.2 Å². The maximum absolute atomic E-state index is 10.8. The van der Waals surface area contributed by atoms with Gasteiger partial charge in [-0.25, -0.2) is 20.0 Å². The highest BCUT2D eigenvalue weighted by molar-refractivity contribution is 5.73. The third kappa shape index (κ3) is 3.09. The van der Waals surface area contributed by atoms with E-state index < -0.39 is 12.2 Å². The van der Waals surface area contributed by atoms with Crippen LogP contribution in [0.2, 0.25) is 0 Å². The topological polar surface area (TPSA) is 67.9 Å². The van der Waals surface area contributed by atoms with E-state index in [0.717, 1.165) is 5.01 Å². The van der Waals surface area contributed by atoms with Gasteiger partial charge in [0.25, 0.3) is 0 Å². The molecule has 0 aliphatic rings. The van der Waals surface area contributed by atoms with E-state index in [-0.39, 0.29) is 0 Å². The largest absolute Gasteiger partial charge is 0.452 e. The standard InChI is InChI=1S/C6H12N2O4/c1-4-8(6(10)12-3)7-5(9)11-2/h4H2,1-3H3,(H,7,9). The van der Waals surface area contributed by atoms with E-state index in [9.17, 15) is 9.59 Å². The first-order valence-electron chi connectivity index (χ1n) is 3.35. The fourth-order valence-corrected chi connectivity index (χ4v) is 0.520. The van der Waals surface area contributed by atoms with Gasteiger partial charge in [-0.15, -0.1) is 0 Å². The minimum atomic E-state index is -0.706. The van der Waals surface area contributed by atoms with Crippen molar-refractivity contribution in [3.05, 3.63) is 0 Å². The van der Waals surface area contributed by atoms with Crippen LogP contribution in [-0.2, 0) is 9.47 Å². The Bertz CT molecular complexity index is 171. The fraction of sp³-hybridized carbons (Fsp3) is 0.667. The van der Waals surface area contributed by atoms with Gasteiger partial charge in [0.05, 0.1) is 14.2 Å². The molecule has 0 aliphatic heterocycles. The summed E-state index contributed by atoms with van der Waals surface area (Å²) in [6.45, 7) is 1.99. The van der Waals surface area contributed by atoms with Crippen LogP contribution in [0.3, 0.4) is 0 Å². The Hall–Kier alpha value is -1.46. The highest BCUT2D eigenvalue weighted by Gasteiger charge is 2.13. The van der Waals surface area contributed by atoms with Gasteiger partial charge in [-0.05, 0) is 6.92 Å². The Balaban J connectivity index is 3.99. The lowest BCUT2D eigenvalue weighted by Crippen LogP contribution is -2.45. The summed E-state index contributed by atoms with van der Waals surface area (Å²) in [5.74, 6) is 0. The lowest BCUT2D eigenvalue weighted by atomic mass is 10.7. The molecule has 0 spiro atoms. The maximum atomic E-state index is 10.8. The molecule has 0 rings (SSSR count). The highest BCUT2D eigenvalue weighted by Crippen LogP contribution is 1.87. The molecule has 0 aromatic carbocycles. The van der Waals surface area contributed by atoms with E-state index in [2.05, 4.69) is 14.9 Å². The third-order valence-corrected chi connectivity index (χ3v) is 1.12. The maximum Gasteiger partial charge on any atom is 0.428 e. The number of carbonyl (C=O) groups is 2. The SMILES string of the molecule is CCN(NC(=O)OC)C(=O)OC. The summed E-state index contributed by atoms with van der Waals surface area (Å²) in [6.07, 6.45) is -1.34. The van der Waals surface area contributed by atoms with Crippen LogP contribution in [0.4, 0.5) is 9.59 Å².